The van der Waals surface area contributed by atoms with Crippen LogP contribution in [-0.2, 0) is 0 Å². The van der Waals surface area contributed by atoms with Gasteiger partial charge in [0.2, 0.25) is 0 Å². The van der Waals surface area contributed by atoms with Crippen LogP contribution < -0.4 is 5.32 Å². The van der Waals surface area contributed by atoms with Gasteiger partial charge in [0.15, 0.2) is 0 Å². The maximum atomic E-state index is 12.6. The Bertz CT molecular complexity index is 208. The van der Waals surface area contributed by atoms with E-state index in [1.165, 1.54) is 6.42 Å². The van der Waals surface area contributed by atoms with Crippen molar-refractivity contribution in [1.82, 2.24) is 10.2 Å². The van der Waals surface area contributed by atoms with Crippen molar-refractivity contribution in [2.24, 2.45) is 5.92 Å². The lowest BCUT2D eigenvalue weighted by Gasteiger charge is -2.48. The van der Waals surface area contributed by atoms with E-state index in [0.29, 0.717) is 18.5 Å². The van der Waals surface area contributed by atoms with E-state index in [1.54, 1.807) is 0 Å². The Morgan fingerprint density at radius 1 is 1.50 bits per heavy atom. The number of piperazine rings is 1. The Morgan fingerprint density at radius 2 is 2.19 bits per heavy atom. The number of halogens is 1. The molecule has 0 bridgehead atoms. The van der Waals surface area contributed by atoms with Gasteiger partial charge in [-0.2, -0.15) is 0 Å². The first kappa shape index (κ1) is 13.9. The summed E-state index contributed by atoms with van der Waals surface area (Å²) in [6, 6.07) is 0.533. The normalized spacial score (nSPS) is 32.2. The van der Waals surface area contributed by atoms with Crippen molar-refractivity contribution in [3.8, 4) is 0 Å². The van der Waals surface area contributed by atoms with Crippen LogP contribution in [0.1, 0.15) is 40.5 Å². The van der Waals surface area contributed by atoms with Crippen LogP contribution in [0.2, 0.25) is 0 Å². The first-order valence-electron chi connectivity index (χ1n) is 6.56. The molecule has 1 rings (SSSR count). The molecule has 0 amide bonds. The predicted molar refractivity (Wildman–Crippen MR) is 67.5 cm³/mol. The Kier molecular flexibility index (Phi) is 5.19. The molecule has 1 N–H and O–H groups in total. The molecule has 16 heavy (non-hydrogen) atoms. The minimum atomic E-state index is -0.232. The van der Waals surface area contributed by atoms with Crippen molar-refractivity contribution in [3.63, 3.8) is 0 Å². The van der Waals surface area contributed by atoms with Crippen molar-refractivity contribution >= 4 is 0 Å². The number of hydrogen-bond donors (Lipinski definition) is 1. The van der Waals surface area contributed by atoms with Gasteiger partial charge in [-0.15, -0.1) is 0 Å². The van der Waals surface area contributed by atoms with Crippen LogP contribution in [0.5, 0.6) is 0 Å². The Balaban J connectivity index is 2.57. The molecule has 1 saturated heterocycles. The van der Waals surface area contributed by atoms with E-state index in [2.05, 4.69) is 37.9 Å². The summed E-state index contributed by atoms with van der Waals surface area (Å²) in [5, 5.41) is 3.62. The van der Waals surface area contributed by atoms with E-state index in [-0.39, 0.29) is 12.2 Å². The summed E-state index contributed by atoms with van der Waals surface area (Å²) in [6.07, 6.45) is 2.26. The summed E-state index contributed by atoms with van der Waals surface area (Å²) in [4.78, 5) is 2.33. The fourth-order valence-electron chi connectivity index (χ4n) is 2.57. The summed E-state index contributed by atoms with van der Waals surface area (Å²) < 4.78 is 12.6. The van der Waals surface area contributed by atoms with Crippen molar-refractivity contribution < 1.29 is 4.39 Å². The van der Waals surface area contributed by atoms with E-state index < -0.39 is 0 Å². The molecule has 0 aromatic carbocycles. The molecule has 0 spiro atoms. The molecular weight excluding hydrogens is 203 g/mol. The summed E-state index contributed by atoms with van der Waals surface area (Å²) in [5.41, 5.74) is 0.138. The highest BCUT2D eigenvalue weighted by atomic mass is 19.1. The summed E-state index contributed by atoms with van der Waals surface area (Å²) in [6.45, 7) is 11.2. The van der Waals surface area contributed by atoms with Gasteiger partial charge in [-0.25, -0.2) is 4.39 Å². The average molecular weight is 230 g/mol. The lowest BCUT2D eigenvalue weighted by atomic mass is 9.90. The molecule has 0 aromatic rings. The molecule has 2 nitrogen and oxygen atoms in total. The largest absolute Gasteiger partial charge is 0.311 e. The van der Waals surface area contributed by atoms with Crippen molar-refractivity contribution in [2.75, 3.05) is 26.3 Å². The highest BCUT2D eigenvalue weighted by Gasteiger charge is 2.35. The number of alkyl halides is 1. The lowest BCUT2D eigenvalue weighted by molar-refractivity contribution is 0.0395. The SMILES string of the molecule is CCC1(C)CNC(CC(C)C)CN1CCF. The van der Waals surface area contributed by atoms with E-state index in [4.69, 9.17) is 0 Å². The average Bonchev–Trinajstić information content (AvgIpc) is 2.23. The first-order chi connectivity index (χ1) is 7.51. The van der Waals surface area contributed by atoms with Crippen LogP contribution in [-0.4, -0.2) is 42.8 Å². The summed E-state index contributed by atoms with van der Waals surface area (Å²) in [7, 11) is 0. The minimum absolute atomic E-state index is 0.138. The Hall–Kier alpha value is -0.150. The van der Waals surface area contributed by atoms with Crippen LogP contribution in [0, 0.1) is 5.92 Å². The van der Waals surface area contributed by atoms with Crippen LogP contribution >= 0.6 is 0 Å². The van der Waals surface area contributed by atoms with Crippen molar-refractivity contribution in [2.45, 2.75) is 52.1 Å². The maximum Gasteiger partial charge on any atom is 0.102 e. The number of nitrogens with zero attached hydrogens (tertiary/aromatic N) is 1. The van der Waals surface area contributed by atoms with Gasteiger partial charge in [-0.3, -0.25) is 4.90 Å². The first-order valence-corrected chi connectivity index (χ1v) is 6.56. The van der Waals surface area contributed by atoms with Gasteiger partial charge < -0.3 is 5.32 Å². The minimum Gasteiger partial charge on any atom is -0.311 e. The van der Waals surface area contributed by atoms with Gasteiger partial charge in [-0.05, 0) is 25.7 Å². The molecule has 2 atom stereocenters. The highest BCUT2D eigenvalue weighted by Crippen LogP contribution is 2.24. The number of rotatable bonds is 5. The quantitative estimate of drug-likeness (QED) is 0.780. The van der Waals surface area contributed by atoms with Crippen molar-refractivity contribution in [1.29, 1.82) is 0 Å². The third-order valence-corrected chi connectivity index (χ3v) is 3.85. The topological polar surface area (TPSA) is 15.3 Å². The fourth-order valence-corrected chi connectivity index (χ4v) is 2.57. The van der Waals surface area contributed by atoms with Gasteiger partial charge in [-0.1, -0.05) is 20.8 Å². The number of hydrogen-bond acceptors (Lipinski definition) is 2. The molecule has 1 aliphatic heterocycles. The molecule has 2 unspecified atom stereocenters. The zero-order valence-electron chi connectivity index (χ0n) is 11.2. The molecule has 3 heteroatoms. The molecule has 0 saturated carbocycles. The van der Waals surface area contributed by atoms with E-state index >= 15 is 0 Å². The fraction of sp³-hybridized carbons (Fsp3) is 1.00. The van der Waals surface area contributed by atoms with Gasteiger partial charge >= 0.3 is 0 Å². The van der Waals surface area contributed by atoms with Crippen LogP contribution in [0.15, 0.2) is 0 Å². The molecular formula is C13H27FN2. The van der Waals surface area contributed by atoms with Crippen molar-refractivity contribution in [3.05, 3.63) is 0 Å². The van der Waals surface area contributed by atoms with Gasteiger partial charge in [0.1, 0.15) is 6.67 Å². The third kappa shape index (κ3) is 3.42. The van der Waals surface area contributed by atoms with Crippen LogP contribution in [0.3, 0.4) is 0 Å². The lowest BCUT2D eigenvalue weighted by Crippen LogP contribution is -2.63. The molecule has 96 valence electrons. The van der Waals surface area contributed by atoms with Crippen LogP contribution in [0.4, 0.5) is 4.39 Å². The Morgan fingerprint density at radius 3 is 2.69 bits per heavy atom. The van der Waals surface area contributed by atoms with E-state index in [0.717, 1.165) is 19.5 Å². The van der Waals surface area contributed by atoms with Gasteiger partial charge in [0, 0.05) is 31.2 Å². The van der Waals surface area contributed by atoms with E-state index in [9.17, 15) is 4.39 Å². The second-order valence-corrected chi connectivity index (χ2v) is 5.69. The summed E-state index contributed by atoms with van der Waals surface area (Å²) in [5.74, 6) is 0.704. The predicted octanol–water partition coefficient (Wildman–Crippen LogP) is 2.44. The maximum absolute atomic E-state index is 12.6. The molecule has 1 fully saturated rings. The molecule has 0 aromatic heterocycles. The molecule has 0 aliphatic carbocycles. The zero-order valence-corrected chi connectivity index (χ0v) is 11.2. The smallest absolute Gasteiger partial charge is 0.102 e. The standard InChI is InChI=1S/C13H27FN2/c1-5-13(4)10-15-12(8-11(2)3)9-16(13)7-6-14/h11-12,15H,5-10H2,1-4H3. The second kappa shape index (κ2) is 5.97. The molecule has 1 aliphatic rings. The third-order valence-electron chi connectivity index (χ3n) is 3.85. The van der Waals surface area contributed by atoms with Gasteiger partial charge in [0.05, 0.1) is 0 Å². The zero-order chi connectivity index (χ0) is 12.2. The van der Waals surface area contributed by atoms with E-state index in [1.807, 2.05) is 0 Å². The van der Waals surface area contributed by atoms with Crippen LogP contribution in [0.25, 0.3) is 0 Å². The molecule has 1 heterocycles. The highest BCUT2D eigenvalue weighted by molar-refractivity contribution is 4.95. The second-order valence-electron chi connectivity index (χ2n) is 5.69. The molecule has 0 radical (unpaired) electrons. The monoisotopic (exact) mass is 230 g/mol. The number of nitrogens with one attached hydrogen (secondary N) is 1. The summed E-state index contributed by atoms with van der Waals surface area (Å²) >= 11 is 0. The van der Waals surface area contributed by atoms with Gasteiger partial charge in [0.25, 0.3) is 0 Å². The Labute approximate surface area is 99.6 Å².